The first-order chi connectivity index (χ1) is 33.3. The van der Waals surface area contributed by atoms with E-state index in [0.29, 0.717) is 5.75 Å². The van der Waals surface area contributed by atoms with Gasteiger partial charge in [0.05, 0.1) is 0 Å². The van der Waals surface area contributed by atoms with E-state index < -0.39 is 154 Å². The van der Waals surface area contributed by atoms with Gasteiger partial charge in [0.15, 0.2) is 90.7 Å². The lowest BCUT2D eigenvalue weighted by molar-refractivity contribution is 0.378. The van der Waals surface area contributed by atoms with E-state index >= 15 is 35.1 Å². The molecule has 0 aliphatic rings. The van der Waals surface area contributed by atoms with Crippen molar-refractivity contribution >= 4 is 59.5 Å². The second-order valence-corrected chi connectivity index (χ2v) is 17.8. The first kappa shape index (κ1) is 51.5. The van der Waals surface area contributed by atoms with E-state index in [1.165, 1.54) is 10.8 Å². The Hall–Kier alpha value is -7.35. The van der Waals surface area contributed by atoms with Crippen LogP contribution in [0.3, 0.4) is 0 Å². The number of benzene rings is 8. The second-order valence-electron chi connectivity index (χ2n) is 15.3. The third kappa shape index (κ3) is 8.40. The molecule has 0 heterocycles. The molecule has 0 saturated carbocycles. The molecule has 1 atom stereocenters. The molecule has 1 nitrogen and oxygen atoms in total. The largest absolute Gasteiger partial charge is 0.207 e. The molecule has 0 N–H and O–H groups in total. The van der Waals surface area contributed by atoms with Gasteiger partial charge in [0.25, 0.3) is 0 Å². The van der Waals surface area contributed by atoms with Crippen molar-refractivity contribution < 1.29 is 92.0 Å². The van der Waals surface area contributed by atoms with Crippen LogP contribution >= 0.6 is 0 Å². The quantitative estimate of drug-likeness (QED) is 0.0309. The van der Waals surface area contributed by atoms with Gasteiger partial charge in [-0.25, -0.2) is 87.8 Å². The molecule has 1 unspecified atom stereocenters. The van der Waals surface area contributed by atoms with Gasteiger partial charge in [-0.2, -0.15) is 0 Å². The zero-order valence-electron chi connectivity index (χ0n) is 34.7. The summed E-state index contributed by atoms with van der Waals surface area (Å²) in [6, 6.07) is 28.5. The normalized spacial score (nSPS) is 12.4. The fraction of sp³-hybridized carbons (Fsp3) is 0.0417. The Labute approximate surface area is 386 Å². The van der Waals surface area contributed by atoms with Crippen LogP contribution in [0.1, 0.15) is 11.1 Å². The number of hydrogen-bond donors (Lipinski definition) is 0. The summed E-state index contributed by atoms with van der Waals surface area (Å²) in [5.41, 5.74) is -12.3. The van der Waals surface area contributed by atoms with Crippen LogP contribution in [-0.4, -0.2) is 12.4 Å². The fourth-order valence-electron chi connectivity index (χ4n) is 8.14. The van der Waals surface area contributed by atoms with Crippen molar-refractivity contribution in [1.82, 2.24) is 0 Å². The summed E-state index contributed by atoms with van der Waals surface area (Å²) in [5, 5.41) is 7.69. The predicted octanol–water partition coefficient (Wildman–Crippen LogP) is 11.5. The van der Waals surface area contributed by atoms with Crippen molar-refractivity contribution in [2.24, 2.45) is 0 Å². The zero-order valence-corrected chi connectivity index (χ0v) is 35.6. The molecule has 0 amide bonds. The molecule has 0 bridgehead atoms. The van der Waals surface area contributed by atoms with E-state index in [2.05, 4.69) is 41.5 Å². The summed E-state index contributed by atoms with van der Waals surface area (Å²) < 4.78 is 307. The molecule has 0 aliphatic heterocycles. The van der Waals surface area contributed by atoms with Crippen LogP contribution < -0.4 is 21.9 Å². The van der Waals surface area contributed by atoms with Crippen molar-refractivity contribution in [3.8, 4) is 11.2 Å². The van der Waals surface area contributed by atoms with Crippen LogP contribution in [0.4, 0.5) is 87.8 Å². The molecule has 8 aromatic carbocycles. The molecule has 8 rings (SSSR count). The fourth-order valence-corrected chi connectivity index (χ4v) is 9.41. The van der Waals surface area contributed by atoms with Gasteiger partial charge in [-0.15, -0.1) is 21.9 Å². The van der Waals surface area contributed by atoms with E-state index in [9.17, 15) is 56.9 Å². The topological polar surface area (TPSA) is 17.1 Å². The summed E-state index contributed by atoms with van der Waals surface area (Å²) in [5.74, 6) is -67.9. The third-order valence-corrected chi connectivity index (χ3v) is 12.6. The van der Waals surface area contributed by atoms with Gasteiger partial charge in [-0.05, 0) is 45.7 Å². The van der Waals surface area contributed by atoms with Crippen molar-refractivity contribution in [1.29, 1.82) is 0 Å². The minimum absolute atomic E-state index is 0.453. The van der Waals surface area contributed by atoms with E-state index in [0.717, 1.165) is 21.9 Å². The molecular weight excluding hydrogens is 1020 g/mol. The second kappa shape index (κ2) is 19.1. The minimum atomic E-state index is -7.22. The number of halogens is 20. The Morgan fingerprint density at radius 3 is 0.915 bits per heavy atom. The smallest absolute Gasteiger partial charge is 0.200 e. The van der Waals surface area contributed by atoms with Crippen LogP contribution in [0, 0.1) is 128 Å². The van der Waals surface area contributed by atoms with E-state index in [-0.39, 0.29) is 0 Å². The average molecular weight is 1030 g/mol. The summed E-state index contributed by atoms with van der Waals surface area (Å²) in [7, 11) is -2.33. The average Bonchev–Trinajstić information content (AvgIpc) is 3.36. The predicted molar refractivity (Wildman–Crippen MR) is 222 cm³/mol. The SMILES string of the molecule is C[S+](=O)(C#Cc1ccccc1)Cc1c2ccccc2cc2ccccc12.Fc1c(F)c(F)c([B-](c2c(F)c(F)c(F)c(F)c2F)(c2c(F)c(F)c(F)c(F)c2F)c2c(F)c(F)c(F)c(F)c2F)c(F)c1F. The zero-order chi connectivity index (χ0) is 52.3. The van der Waals surface area contributed by atoms with Crippen LogP contribution in [0.2, 0.25) is 0 Å². The van der Waals surface area contributed by atoms with Crippen molar-refractivity contribution in [2.45, 2.75) is 5.75 Å². The maximum Gasteiger partial charge on any atom is 0.200 e. The number of fused-ring (bicyclic) bond motifs is 2. The Kier molecular flexibility index (Phi) is 13.9. The van der Waals surface area contributed by atoms with E-state index in [1.807, 2.05) is 54.6 Å². The van der Waals surface area contributed by atoms with Crippen LogP contribution in [0.5, 0.6) is 0 Å². The molecular formula is C48H19BF20OS. The number of hydrogen-bond acceptors (Lipinski definition) is 1. The molecule has 0 aliphatic carbocycles. The van der Waals surface area contributed by atoms with Crippen molar-refractivity contribution in [3.05, 3.63) is 212 Å². The van der Waals surface area contributed by atoms with Gasteiger partial charge in [-0.1, -0.05) is 70.9 Å². The lowest BCUT2D eigenvalue weighted by Gasteiger charge is -2.44. The summed E-state index contributed by atoms with van der Waals surface area (Å²) in [6.07, 6.45) is -5.45. The first-order valence-electron chi connectivity index (χ1n) is 19.5. The van der Waals surface area contributed by atoms with Gasteiger partial charge in [-0.3, -0.25) is 0 Å². The summed E-state index contributed by atoms with van der Waals surface area (Å²) >= 11 is 0. The third-order valence-electron chi connectivity index (χ3n) is 11.2. The standard InChI is InChI=1S/C24BF20.C24H19OS/c26-5-1(6(27)14(35)21(42)13(5)34)25(2-7(28)15(36)22(43)16(37)8(2)29,3-9(30)17(38)23(44)18(39)10(3)31)4-11(32)19(40)24(45)20(41)12(4)33;1-26(25,16-15-19-9-3-2-4-10-19)18-24-22-13-7-5-11-20(22)17-21-12-6-8-14-23(21)24/h;2-14,17H,18H2,1H3/q-1;+1. The highest BCUT2D eigenvalue weighted by Gasteiger charge is 2.52. The first-order valence-corrected chi connectivity index (χ1v) is 21.6. The van der Waals surface area contributed by atoms with Crippen molar-refractivity contribution in [3.63, 3.8) is 0 Å². The molecule has 23 heteroatoms. The Balaban J connectivity index is 0.000000240. The molecule has 71 heavy (non-hydrogen) atoms. The Bertz CT molecular complexity index is 3200. The van der Waals surface area contributed by atoms with Crippen LogP contribution in [-0.2, 0) is 19.9 Å². The van der Waals surface area contributed by atoms with Gasteiger partial charge >= 0.3 is 0 Å². The van der Waals surface area contributed by atoms with E-state index in [4.69, 9.17) is 0 Å². The Morgan fingerprint density at radius 2 is 0.620 bits per heavy atom. The van der Waals surface area contributed by atoms with Gasteiger partial charge in [0.2, 0.25) is 0 Å². The van der Waals surface area contributed by atoms with Gasteiger partial charge in [0.1, 0.15) is 58.9 Å². The highest BCUT2D eigenvalue weighted by Crippen LogP contribution is 2.33. The summed E-state index contributed by atoms with van der Waals surface area (Å²) in [4.78, 5) is 0. The molecule has 0 aromatic heterocycles. The summed E-state index contributed by atoms with van der Waals surface area (Å²) in [6.45, 7) is 0. The molecule has 8 aromatic rings. The monoisotopic (exact) mass is 1030 g/mol. The van der Waals surface area contributed by atoms with Crippen LogP contribution in [0.25, 0.3) is 21.5 Å². The van der Waals surface area contributed by atoms with Gasteiger partial charge in [0, 0.05) is 11.1 Å². The highest BCUT2D eigenvalue weighted by atomic mass is 32.2. The minimum Gasteiger partial charge on any atom is -0.207 e. The maximum atomic E-state index is 15.4. The molecule has 0 fully saturated rings. The Morgan fingerprint density at radius 1 is 0.366 bits per heavy atom. The van der Waals surface area contributed by atoms with E-state index in [1.54, 1.807) is 6.26 Å². The molecule has 0 spiro atoms. The molecule has 0 radical (unpaired) electrons. The van der Waals surface area contributed by atoms with Gasteiger partial charge < -0.3 is 0 Å². The molecule has 366 valence electrons. The van der Waals surface area contributed by atoms with Crippen molar-refractivity contribution in [2.75, 3.05) is 6.26 Å². The maximum absolute atomic E-state index is 15.4. The lowest BCUT2D eigenvalue weighted by Crippen LogP contribution is -2.81. The molecule has 0 saturated heterocycles. The number of rotatable bonds is 6. The lowest BCUT2D eigenvalue weighted by atomic mass is 9.12. The van der Waals surface area contributed by atoms with Crippen LogP contribution in [0.15, 0.2) is 84.9 Å². The highest BCUT2D eigenvalue weighted by molar-refractivity contribution is 8.06.